The van der Waals surface area contributed by atoms with Gasteiger partial charge in [0.1, 0.15) is 11.3 Å². The van der Waals surface area contributed by atoms with Gasteiger partial charge in [-0.25, -0.2) is 4.79 Å². The minimum atomic E-state index is -1.12. The molecule has 1 fully saturated rings. The fraction of sp³-hybridized carbons (Fsp3) is 0.643. The lowest BCUT2D eigenvalue weighted by molar-refractivity contribution is 0.0689. The number of carbonyl (C=O) groups excluding carboxylic acids is 1. The summed E-state index contributed by atoms with van der Waals surface area (Å²) in [4.78, 5) is 23.4. The highest BCUT2D eigenvalue weighted by Gasteiger charge is 2.23. The van der Waals surface area contributed by atoms with E-state index >= 15 is 0 Å². The third kappa shape index (κ3) is 3.37. The van der Waals surface area contributed by atoms with Crippen molar-refractivity contribution in [3.8, 4) is 0 Å². The minimum Gasteiger partial charge on any atom is -0.478 e. The Hall–Kier alpha value is -1.85. The number of aromatic carboxylic acids is 1. The van der Waals surface area contributed by atoms with Gasteiger partial charge in [0.15, 0.2) is 0 Å². The van der Waals surface area contributed by atoms with Crippen molar-refractivity contribution in [1.82, 2.24) is 15.1 Å². The highest BCUT2D eigenvalue weighted by Crippen LogP contribution is 2.18. The van der Waals surface area contributed by atoms with Crippen LogP contribution >= 0.6 is 0 Å². The van der Waals surface area contributed by atoms with E-state index in [1.807, 2.05) is 0 Å². The molecule has 6 nitrogen and oxygen atoms in total. The molecule has 20 heavy (non-hydrogen) atoms. The summed E-state index contributed by atoms with van der Waals surface area (Å²) in [5, 5.41) is 15.9. The average molecular weight is 279 g/mol. The van der Waals surface area contributed by atoms with E-state index in [9.17, 15) is 9.59 Å². The summed E-state index contributed by atoms with van der Waals surface area (Å²) in [7, 11) is 1.58. The van der Waals surface area contributed by atoms with Crippen LogP contribution in [-0.4, -0.2) is 32.8 Å². The highest BCUT2D eigenvalue weighted by molar-refractivity contribution is 6.03. The van der Waals surface area contributed by atoms with E-state index in [-0.39, 0.29) is 23.2 Å². The van der Waals surface area contributed by atoms with Gasteiger partial charge in [0.25, 0.3) is 5.91 Å². The SMILES string of the molecule is Cn1ncc(C(=O)O)c1C(=O)NC1CCCCCCC1. The standard InChI is InChI=1S/C14H21N3O3/c1-17-12(11(9-15-17)14(19)20)13(18)16-10-7-5-3-2-4-6-8-10/h9-10H,2-8H2,1H3,(H,16,18)(H,19,20). The fourth-order valence-electron chi connectivity index (χ4n) is 2.72. The normalized spacial score (nSPS) is 17.2. The Morgan fingerprint density at radius 1 is 1.25 bits per heavy atom. The number of hydrogen-bond donors (Lipinski definition) is 2. The smallest absolute Gasteiger partial charge is 0.339 e. The summed E-state index contributed by atoms with van der Waals surface area (Å²) < 4.78 is 1.32. The number of hydrogen-bond acceptors (Lipinski definition) is 3. The summed E-state index contributed by atoms with van der Waals surface area (Å²) in [6.45, 7) is 0. The Kier molecular flexibility index (Phi) is 4.76. The van der Waals surface area contributed by atoms with E-state index in [1.54, 1.807) is 7.05 Å². The summed E-state index contributed by atoms with van der Waals surface area (Å²) in [6.07, 6.45) is 9.06. The van der Waals surface area contributed by atoms with E-state index in [0.29, 0.717) is 0 Å². The number of carboxylic acid groups (broad SMARTS) is 1. The molecular weight excluding hydrogens is 258 g/mol. The predicted molar refractivity (Wildman–Crippen MR) is 73.7 cm³/mol. The molecule has 0 unspecified atom stereocenters. The van der Waals surface area contributed by atoms with Crippen LogP contribution in [0.4, 0.5) is 0 Å². The van der Waals surface area contributed by atoms with Gasteiger partial charge < -0.3 is 10.4 Å². The average Bonchev–Trinajstić information content (AvgIpc) is 2.74. The molecule has 1 aliphatic carbocycles. The van der Waals surface area contributed by atoms with Crippen molar-refractivity contribution in [2.45, 2.75) is 51.0 Å². The molecule has 1 aromatic rings. The van der Waals surface area contributed by atoms with Crippen molar-refractivity contribution in [1.29, 1.82) is 0 Å². The van der Waals surface area contributed by atoms with Crippen molar-refractivity contribution in [3.05, 3.63) is 17.5 Å². The molecule has 2 rings (SSSR count). The monoisotopic (exact) mass is 279 g/mol. The molecule has 1 aromatic heterocycles. The Labute approximate surface area is 118 Å². The highest BCUT2D eigenvalue weighted by atomic mass is 16.4. The van der Waals surface area contributed by atoms with Gasteiger partial charge in [-0.2, -0.15) is 5.10 Å². The molecule has 0 aromatic carbocycles. The lowest BCUT2D eigenvalue weighted by Crippen LogP contribution is -2.37. The van der Waals surface area contributed by atoms with Crippen LogP contribution in [0.1, 0.15) is 65.8 Å². The van der Waals surface area contributed by atoms with Gasteiger partial charge in [0.2, 0.25) is 0 Å². The molecule has 1 heterocycles. The second kappa shape index (κ2) is 6.54. The second-order valence-electron chi connectivity index (χ2n) is 5.35. The second-order valence-corrected chi connectivity index (χ2v) is 5.35. The number of amides is 1. The summed E-state index contributed by atoms with van der Waals surface area (Å²) >= 11 is 0. The molecule has 1 saturated carbocycles. The van der Waals surface area contributed by atoms with Crippen molar-refractivity contribution < 1.29 is 14.7 Å². The van der Waals surface area contributed by atoms with Crippen LogP contribution in [0.5, 0.6) is 0 Å². The van der Waals surface area contributed by atoms with Gasteiger partial charge in [0, 0.05) is 13.1 Å². The lowest BCUT2D eigenvalue weighted by Gasteiger charge is -2.21. The van der Waals surface area contributed by atoms with Gasteiger partial charge in [0.05, 0.1) is 6.20 Å². The maximum absolute atomic E-state index is 12.3. The Bertz CT molecular complexity index is 488. The third-order valence-electron chi connectivity index (χ3n) is 3.82. The van der Waals surface area contributed by atoms with Gasteiger partial charge in [-0.05, 0) is 12.8 Å². The topological polar surface area (TPSA) is 84.2 Å². The van der Waals surface area contributed by atoms with Crippen LogP contribution in [0.3, 0.4) is 0 Å². The molecular formula is C14H21N3O3. The summed E-state index contributed by atoms with van der Waals surface area (Å²) in [5.41, 5.74) is 0.0791. The first-order valence-corrected chi connectivity index (χ1v) is 7.15. The maximum atomic E-state index is 12.3. The molecule has 6 heteroatoms. The number of rotatable bonds is 3. The van der Waals surface area contributed by atoms with Gasteiger partial charge in [-0.1, -0.05) is 32.1 Å². The maximum Gasteiger partial charge on any atom is 0.339 e. The van der Waals surface area contributed by atoms with Crippen molar-refractivity contribution in [2.24, 2.45) is 7.05 Å². The van der Waals surface area contributed by atoms with Crippen LogP contribution in [0.25, 0.3) is 0 Å². The van der Waals surface area contributed by atoms with Gasteiger partial charge in [-0.15, -0.1) is 0 Å². The zero-order chi connectivity index (χ0) is 14.5. The Balaban J connectivity index is 2.07. The zero-order valence-corrected chi connectivity index (χ0v) is 11.8. The first-order chi connectivity index (χ1) is 9.59. The zero-order valence-electron chi connectivity index (χ0n) is 11.8. The minimum absolute atomic E-state index is 0.0455. The van der Waals surface area contributed by atoms with E-state index in [0.717, 1.165) is 25.7 Å². The van der Waals surface area contributed by atoms with Gasteiger partial charge in [-0.3, -0.25) is 9.48 Å². The summed E-state index contributed by atoms with van der Waals surface area (Å²) in [6, 6.07) is 0.138. The van der Waals surface area contributed by atoms with Crippen LogP contribution in [0.2, 0.25) is 0 Å². The first-order valence-electron chi connectivity index (χ1n) is 7.15. The number of aromatic nitrogens is 2. The summed E-state index contributed by atoms with van der Waals surface area (Å²) in [5.74, 6) is -1.46. The Morgan fingerprint density at radius 3 is 2.45 bits per heavy atom. The molecule has 0 spiro atoms. The van der Waals surface area contributed by atoms with Crippen LogP contribution in [0.15, 0.2) is 6.20 Å². The molecule has 0 radical (unpaired) electrons. The molecule has 0 bridgehead atoms. The van der Waals surface area contributed by atoms with E-state index in [2.05, 4.69) is 10.4 Å². The molecule has 0 saturated heterocycles. The molecule has 2 N–H and O–H groups in total. The number of nitrogens with one attached hydrogen (secondary N) is 1. The molecule has 0 aliphatic heterocycles. The number of nitrogens with zero attached hydrogens (tertiary/aromatic N) is 2. The molecule has 0 atom stereocenters. The van der Waals surface area contributed by atoms with E-state index in [1.165, 1.54) is 30.1 Å². The van der Waals surface area contributed by atoms with Crippen LogP contribution < -0.4 is 5.32 Å². The fourth-order valence-corrected chi connectivity index (χ4v) is 2.72. The van der Waals surface area contributed by atoms with Crippen LogP contribution in [-0.2, 0) is 7.05 Å². The van der Waals surface area contributed by atoms with Crippen molar-refractivity contribution in [2.75, 3.05) is 0 Å². The molecule has 110 valence electrons. The van der Waals surface area contributed by atoms with Crippen molar-refractivity contribution in [3.63, 3.8) is 0 Å². The van der Waals surface area contributed by atoms with Crippen molar-refractivity contribution >= 4 is 11.9 Å². The largest absolute Gasteiger partial charge is 0.478 e. The van der Waals surface area contributed by atoms with E-state index in [4.69, 9.17) is 5.11 Å². The number of carbonyl (C=O) groups is 2. The van der Waals surface area contributed by atoms with E-state index < -0.39 is 5.97 Å². The number of carboxylic acids is 1. The molecule has 1 amide bonds. The first kappa shape index (κ1) is 14.6. The number of aryl methyl sites for hydroxylation is 1. The predicted octanol–water partition coefficient (Wildman–Crippen LogP) is 1.96. The Morgan fingerprint density at radius 2 is 1.85 bits per heavy atom. The quantitative estimate of drug-likeness (QED) is 0.885. The molecule has 1 aliphatic rings. The third-order valence-corrected chi connectivity index (χ3v) is 3.82. The van der Waals surface area contributed by atoms with Crippen LogP contribution in [0, 0.1) is 0 Å². The van der Waals surface area contributed by atoms with Gasteiger partial charge >= 0.3 is 5.97 Å². The lowest BCUT2D eigenvalue weighted by atomic mass is 9.96.